The Morgan fingerprint density at radius 1 is 1.38 bits per heavy atom. The van der Waals surface area contributed by atoms with Crippen molar-refractivity contribution < 1.29 is 4.74 Å². The quantitative estimate of drug-likeness (QED) is 0.769. The molecule has 1 heterocycles. The molecule has 0 aliphatic carbocycles. The summed E-state index contributed by atoms with van der Waals surface area (Å²) in [6.07, 6.45) is 2.12. The maximum Gasteiger partial charge on any atom is 0.0666 e. The first kappa shape index (κ1) is 13.2. The second-order valence-electron chi connectivity index (χ2n) is 4.50. The molecular weight excluding hydrogens is 202 g/mol. The van der Waals surface area contributed by atoms with E-state index in [1.54, 1.807) is 0 Å². The smallest absolute Gasteiger partial charge is 0.0666 e. The molecule has 4 nitrogen and oxygen atoms in total. The fourth-order valence-corrected chi connectivity index (χ4v) is 1.40. The van der Waals surface area contributed by atoms with Crippen LogP contribution in [0.4, 0.5) is 0 Å². The molecule has 1 rings (SSSR count). The molecule has 0 amide bonds. The molecule has 0 fully saturated rings. The molecule has 0 aliphatic rings. The summed E-state index contributed by atoms with van der Waals surface area (Å²) in [5, 5.41) is 7.67. The van der Waals surface area contributed by atoms with E-state index in [1.807, 2.05) is 30.8 Å². The monoisotopic (exact) mass is 225 g/mol. The third kappa shape index (κ3) is 4.77. The van der Waals surface area contributed by atoms with Crippen molar-refractivity contribution in [2.75, 3.05) is 6.61 Å². The molecule has 1 aromatic heterocycles. The van der Waals surface area contributed by atoms with Crippen molar-refractivity contribution in [3.63, 3.8) is 0 Å². The van der Waals surface area contributed by atoms with Gasteiger partial charge < -0.3 is 10.1 Å². The number of hydrogen-bond acceptors (Lipinski definition) is 3. The minimum atomic E-state index is 0.285. The lowest BCUT2D eigenvalue weighted by atomic mass is 10.3. The number of nitrogens with zero attached hydrogens (tertiary/aromatic N) is 2. The van der Waals surface area contributed by atoms with E-state index in [4.69, 9.17) is 4.74 Å². The molecule has 0 saturated carbocycles. The molecular formula is C12H23N3O. The Balaban J connectivity index is 2.38. The fourth-order valence-electron chi connectivity index (χ4n) is 1.40. The van der Waals surface area contributed by atoms with Gasteiger partial charge in [-0.3, -0.25) is 4.68 Å². The molecule has 92 valence electrons. The number of aromatic nitrogens is 2. The van der Waals surface area contributed by atoms with Crippen molar-refractivity contribution in [3.8, 4) is 0 Å². The summed E-state index contributed by atoms with van der Waals surface area (Å²) < 4.78 is 7.51. The minimum Gasteiger partial charge on any atom is -0.377 e. The van der Waals surface area contributed by atoms with E-state index in [2.05, 4.69) is 24.3 Å². The van der Waals surface area contributed by atoms with E-state index in [0.29, 0.717) is 12.6 Å². The molecule has 0 spiro atoms. The molecule has 1 aromatic rings. The molecule has 16 heavy (non-hydrogen) atoms. The number of ether oxygens (including phenoxy) is 1. The zero-order valence-corrected chi connectivity index (χ0v) is 10.7. The standard InChI is InChI=1S/C12H23N3O/c1-10(2)13-9-12-5-6-14-15(12)7-8-16-11(3)4/h5-6,10-11,13H,7-9H2,1-4H3. The predicted octanol–water partition coefficient (Wildman–Crippen LogP) is 1.81. The van der Waals surface area contributed by atoms with Crippen LogP contribution in [0.5, 0.6) is 0 Å². The zero-order chi connectivity index (χ0) is 12.0. The van der Waals surface area contributed by atoms with Gasteiger partial charge in [0.1, 0.15) is 0 Å². The predicted molar refractivity (Wildman–Crippen MR) is 65.3 cm³/mol. The fraction of sp³-hybridized carbons (Fsp3) is 0.750. The van der Waals surface area contributed by atoms with Crippen molar-refractivity contribution >= 4 is 0 Å². The first-order valence-electron chi connectivity index (χ1n) is 5.95. The van der Waals surface area contributed by atoms with E-state index in [9.17, 15) is 0 Å². The Labute approximate surface area is 98.0 Å². The van der Waals surface area contributed by atoms with Crippen LogP contribution in [0.2, 0.25) is 0 Å². The van der Waals surface area contributed by atoms with Gasteiger partial charge in [0, 0.05) is 18.8 Å². The summed E-state index contributed by atoms with van der Waals surface area (Å²) in [4.78, 5) is 0. The van der Waals surface area contributed by atoms with Crippen LogP contribution >= 0.6 is 0 Å². The minimum absolute atomic E-state index is 0.285. The van der Waals surface area contributed by atoms with Gasteiger partial charge in [-0.25, -0.2) is 0 Å². The van der Waals surface area contributed by atoms with Crippen LogP contribution in [-0.4, -0.2) is 28.5 Å². The highest BCUT2D eigenvalue weighted by molar-refractivity contribution is 5.00. The largest absolute Gasteiger partial charge is 0.377 e. The summed E-state index contributed by atoms with van der Waals surface area (Å²) in [6.45, 7) is 10.8. The summed E-state index contributed by atoms with van der Waals surface area (Å²) in [7, 11) is 0. The van der Waals surface area contributed by atoms with Crippen molar-refractivity contribution in [2.45, 2.75) is 52.9 Å². The second-order valence-corrected chi connectivity index (χ2v) is 4.50. The van der Waals surface area contributed by atoms with Gasteiger partial charge in [-0.05, 0) is 19.9 Å². The van der Waals surface area contributed by atoms with Gasteiger partial charge in [-0.1, -0.05) is 13.8 Å². The van der Waals surface area contributed by atoms with Gasteiger partial charge >= 0.3 is 0 Å². The molecule has 4 heteroatoms. The lowest BCUT2D eigenvalue weighted by Gasteiger charge is -2.12. The maximum absolute atomic E-state index is 5.51. The van der Waals surface area contributed by atoms with Crippen LogP contribution < -0.4 is 5.32 Å². The molecule has 0 aliphatic heterocycles. The second kappa shape index (κ2) is 6.66. The van der Waals surface area contributed by atoms with Crippen LogP contribution in [0, 0.1) is 0 Å². The van der Waals surface area contributed by atoms with Crippen LogP contribution in [0.15, 0.2) is 12.3 Å². The molecule has 0 unspecified atom stereocenters. The molecule has 1 N–H and O–H groups in total. The third-order valence-corrected chi connectivity index (χ3v) is 2.25. The van der Waals surface area contributed by atoms with Crippen LogP contribution in [0.1, 0.15) is 33.4 Å². The normalized spacial score (nSPS) is 11.6. The van der Waals surface area contributed by atoms with E-state index in [-0.39, 0.29) is 6.10 Å². The van der Waals surface area contributed by atoms with Crippen molar-refractivity contribution in [3.05, 3.63) is 18.0 Å². The molecule has 0 radical (unpaired) electrons. The third-order valence-electron chi connectivity index (χ3n) is 2.25. The Morgan fingerprint density at radius 3 is 2.75 bits per heavy atom. The Bertz CT molecular complexity index is 294. The highest BCUT2D eigenvalue weighted by Crippen LogP contribution is 2.00. The SMILES string of the molecule is CC(C)NCc1ccnn1CCOC(C)C. The number of nitrogens with one attached hydrogen (secondary N) is 1. The Kier molecular flexibility index (Phi) is 5.49. The molecule has 0 bridgehead atoms. The van der Waals surface area contributed by atoms with Crippen molar-refractivity contribution in [2.24, 2.45) is 0 Å². The van der Waals surface area contributed by atoms with E-state index < -0.39 is 0 Å². The highest BCUT2D eigenvalue weighted by atomic mass is 16.5. The van der Waals surface area contributed by atoms with Gasteiger partial charge in [0.2, 0.25) is 0 Å². The highest BCUT2D eigenvalue weighted by Gasteiger charge is 2.03. The number of rotatable bonds is 7. The van der Waals surface area contributed by atoms with E-state index in [0.717, 1.165) is 13.1 Å². The van der Waals surface area contributed by atoms with Gasteiger partial charge in [-0.15, -0.1) is 0 Å². The first-order chi connectivity index (χ1) is 7.59. The van der Waals surface area contributed by atoms with Crippen LogP contribution in [0.25, 0.3) is 0 Å². The van der Waals surface area contributed by atoms with Crippen LogP contribution in [0.3, 0.4) is 0 Å². The van der Waals surface area contributed by atoms with Crippen LogP contribution in [-0.2, 0) is 17.8 Å². The average Bonchev–Trinajstić information content (AvgIpc) is 2.62. The first-order valence-corrected chi connectivity index (χ1v) is 5.95. The molecule has 0 atom stereocenters. The van der Waals surface area contributed by atoms with E-state index in [1.165, 1.54) is 5.69 Å². The maximum atomic E-state index is 5.51. The number of hydrogen-bond donors (Lipinski definition) is 1. The molecule has 0 aromatic carbocycles. The summed E-state index contributed by atoms with van der Waals surface area (Å²) in [5.41, 5.74) is 1.21. The van der Waals surface area contributed by atoms with Crippen molar-refractivity contribution in [1.29, 1.82) is 0 Å². The van der Waals surface area contributed by atoms with Gasteiger partial charge in [0.25, 0.3) is 0 Å². The topological polar surface area (TPSA) is 39.1 Å². The lowest BCUT2D eigenvalue weighted by Crippen LogP contribution is -2.24. The summed E-state index contributed by atoms with van der Waals surface area (Å²) >= 11 is 0. The zero-order valence-electron chi connectivity index (χ0n) is 10.7. The summed E-state index contributed by atoms with van der Waals surface area (Å²) in [6, 6.07) is 2.54. The molecule has 0 saturated heterocycles. The Hall–Kier alpha value is -0.870. The van der Waals surface area contributed by atoms with E-state index >= 15 is 0 Å². The van der Waals surface area contributed by atoms with Crippen molar-refractivity contribution in [1.82, 2.24) is 15.1 Å². The Morgan fingerprint density at radius 2 is 2.12 bits per heavy atom. The average molecular weight is 225 g/mol. The lowest BCUT2D eigenvalue weighted by molar-refractivity contribution is 0.0704. The van der Waals surface area contributed by atoms with Gasteiger partial charge in [0.05, 0.1) is 24.9 Å². The van der Waals surface area contributed by atoms with Gasteiger partial charge in [-0.2, -0.15) is 5.10 Å². The summed E-state index contributed by atoms with van der Waals surface area (Å²) in [5.74, 6) is 0. The van der Waals surface area contributed by atoms with Gasteiger partial charge in [0.15, 0.2) is 0 Å².